The minimum absolute atomic E-state index is 0.319. The summed E-state index contributed by atoms with van der Waals surface area (Å²) in [7, 11) is 0. The second-order valence-electron chi connectivity index (χ2n) is 5.48. The molecule has 0 radical (unpaired) electrons. The van der Waals surface area contributed by atoms with E-state index in [9.17, 15) is 4.79 Å². The molecular formula is C19H21N3O3. The Morgan fingerprint density at radius 1 is 1.20 bits per heavy atom. The molecule has 6 heteroatoms. The molecule has 0 spiro atoms. The van der Waals surface area contributed by atoms with Crippen LogP contribution in [0.15, 0.2) is 42.7 Å². The number of carbonyl (C=O) groups is 1. The van der Waals surface area contributed by atoms with Crippen LogP contribution in [0.5, 0.6) is 5.88 Å². The van der Waals surface area contributed by atoms with E-state index in [4.69, 9.17) is 15.2 Å². The molecule has 0 saturated carbocycles. The van der Waals surface area contributed by atoms with Gasteiger partial charge in [-0.05, 0) is 43.7 Å². The topological polar surface area (TPSA) is 78.9 Å². The van der Waals surface area contributed by atoms with Crippen molar-refractivity contribution in [3.8, 4) is 17.1 Å². The second-order valence-corrected chi connectivity index (χ2v) is 5.48. The molecule has 6 nitrogen and oxygen atoms in total. The normalized spacial score (nSPS) is 10.8. The van der Waals surface area contributed by atoms with Crippen molar-refractivity contribution < 1.29 is 14.3 Å². The van der Waals surface area contributed by atoms with E-state index in [1.54, 1.807) is 19.2 Å². The van der Waals surface area contributed by atoms with Crippen LogP contribution < -0.4 is 10.5 Å². The zero-order valence-corrected chi connectivity index (χ0v) is 14.4. The van der Waals surface area contributed by atoms with Gasteiger partial charge < -0.3 is 19.6 Å². The lowest BCUT2D eigenvalue weighted by Crippen LogP contribution is -2.06. The molecule has 0 fully saturated rings. The van der Waals surface area contributed by atoms with Crippen LogP contribution in [0.4, 0.5) is 0 Å². The number of rotatable bonds is 6. The molecule has 0 aliphatic rings. The Hall–Kier alpha value is -2.86. The number of carbonyl (C=O) groups excluding carboxylic acids is 1. The van der Waals surface area contributed by atoms with Crippen molar-refractivity contribution in [2.45, 2.75) is 20.4 Å². The second kappa shape index (κ2) is 7.36. The first-order valence-corrected chi connectivity index (χ1v) is 8.28. The molecule has 2 N–H and O–H groups in total. The maximum Gasteiger partial charge on any atom is 0.340 e. The van der Waals surface area contributed by atoms with E-state index in [2.05, 4.69) is 4.98 Å². The van der Waals surface area contributed by atoms with Crippen LogP contribution in [-0.4, -0.2) is 28.6 Å². The van der Waals surface area contributed by atoms with Gasteiger partial charge in [0.2, 0.25) is 5.88 Å². The summed E-state index contributed by atoms with van der Waals surface area (Å²) in [5, 5.41) is 0. The van der Waals surface area contributed by atoms with Crippen LogP contribution >= 0.6 is 0 Å². The predicted molar refractivity (Wildman–Crippen MR) is 95.6 cm³/mol. The Morgan fingerprint density at radius 3 is 2.68 bits per heavy atom. The van der Waals surface area contributed by atoms with E-state index >= 15 is 0 Å². The van der Waals surface area contributed by atoms with Crippen LogP contribution in [-0.2, 0) is 11.3 Å². The van der Waals surface area contributed by atoms with Crippen molar-refractivity contribution >= 4 is 11.5 Å². The summed E-state index contributed by atoms with van der Waals surface area (Å²) in [6.45, 7) is 5.01. The summed E-state index contributed by atoms with van der Waals surface area (Å²) in [6.07, 6.45) is 3.61. The van der Waals surface area contributed by atoms with Gasteiger partial charge in [-0.1, -0.05) is 0 Å². The maximum absolute atomic E-state index is 12.4. The number of hydrogen-bond acceptors (Lipinski definition) is 5. The van der Waals surface area contributed by atoms with Crippen molar-refractivity contribution in [2.75, 3.05) is 13.2 Å². The van der Waals surface area contributed by atoms with Crippen molar-refractivity contribution in [3.63, 3.8) is 0 Å². The summed E-state index contributed by atoms with van der Waals surface area (Å²) >= 11 is 0. The van der Waals surface area contributed by atoms with E-state index in [-0.39, 0.29) is 5.97 Å². The number of pyridine rings is 2. The zero-order chi connectivity index (χ0) is 17.8. The van der Waals surface area contributed by atoms with Crippen LogP contribution in [0.2, 0.25) is 0 Å². The van der Waals surface area contributed by atoms with Crippen LogP contribution in [0, 0.1) is 0 Å². The first kappa shape index (κ1) is 17.0. The average molecular weight is 339 g/mol. The number of nitrogens with two attached hydrogens (primary N) is 1. The van der Waals surface area contributed by atoms with Crippen molar-refractivity contribution in [3.05, 3.63) is 53.9 Å². The zero-order valence-electron chi connectivity index (χ0n) is 14.4. The molecule has 0 aliphatic heterocycles. The van der Waals surface area contributed by atoms with Crippen LogP contribution in [0.3, 0.4) is 0 Å². The number of fused-ring (bicyclic) bond motifs is 1. The third-order valence-electron chi connectivity index (χ3n) is 3.87. The van der Waals surface area contributed by atoms with E-state index in [0.717, 1.165) is 22.3 Å². The third kappa shape index (κ3) is 3.34. The van der Waals surface area contributed by atoms with Crippen molar-refractivity contribution in [2.24, 2.45) is 5.73 Å². The summed E-state index contributed by atoms with van der Waals surface area (Å²) in [6, 6.07) is 9.41. The Bertz CT molecular complexity index is 885. The summed E-state index contributed by atoms with van der Waals surface area (Å²) in [4.78, 5) is 16.7. The van der Waals surface area contributed by atoms with Crippen LogP contribution in [0.25, 0.3) is 16.8 Å². The SMILES string of the molecule is CCOC(=O)c1cc2cc(CN)ccn2c1-c1ccc(OCC)nc1. The molecule has 3 aromatic rings. The van der Waals surface area contributed by atoms with Gasteiger partial charge in [-0.15, -0.1) is 0 Å². The molecular weight excluding hydrogens is 318 g/mol. The fraction of sp³-hybridized carbons (Fsp3) is 0.263. The molecule has 0 saturated heterocycles. The molecule has 3 aromatic heterocycles. The molecule has 0 bridgehead atoms. The highest BCUT2D eigenvalue weighted by atomic mass is 16.5. The molecule has 0 aliphatic carbocycles. The van der Waals surface area contributed by atoms with Crippen molar-refractivity contribution in [1.29, 1.82) is 0 Å². The molecule has 0 unspecified atom stereocenters. The quantitative estimate of drug-likeness (QED) is 0.698. The van der Waals surface area contributed by atoms with Gasteiger partial charge >= 0.3 is 5.97 Å². The maximum atomic E-state index is 12.4. The molecule has 130 valence electrons. The lowest BCUT2D eigenvalue weighted by molar-refractivity contribution is 0.0527. The molecule has 3 heterocycles. The van der Waals surface area contributed by atoms with E-state index in [0.29, 0.717) is 31.2 Å². The number of esters is 1. The van der Waals surface area contributed by atoms with Gasteiger partial charge in [0.1, 0.15) is 0 Å². The minimum Gasteiger partial charge on any atom is -0.478 e. The summed E-state index contributed by atoms with van der Waals surface area (Å²) in [5.41, 5.74) is 9.66. The van der Waals surface area contributed by atoms with Gasteiger partial charge in [0.15, 0.2) is 0 Å². The standard InChI is InChI=1S/C19H21N3O3/c1-3-24-17-6-5-14(12-21-17)18-16(19(23)25-4-2)10-15-9-13(11-20)7-8-22(15)18/h5-10,12H,3-4,11,20H2,1-2H3. The first-order chi connectivity index (χ1) is 12.2. The van der Waals surface area contributed by atoms with E-state index < -0.39 is 0 Å². The Balaban J connectivity index is 2.16. The molecule has 25 heavy (non-hydrogen) atoms. The van der Waals surface area contributed by atoms with Gasteiger partial charge in [0, 0.05) is 36.1 Å². The number of nitrogens with zero attached hydrogens (tertiary/aromatic N) is 2. The third-order valence-corrected chi connectivity index (χ3v) is 3.87. The fourth-order valence-electron chi connectivity index (χ4n) is 2.76. The van der Waals surface area contributed by atoms with E-state index in [1.807, 2.05) is 41.8 Å². The smallest absolute Gasteiger partial charge is 0.340 e. The van der Waals surface area contributed by atoms with Gasteiger partial charge in [-0.2, -0.15) is 0 Å². The van der Waals surface area contributed by atoms with Gasteiger partial charge in [-0.3, -0.25) is 0 Å². The largest absolute Gasteiger partial charge is 0.478 e. The number of ether oxygens (including phenoxy) is 2. The van der Waals surface area contributed by atoms with Gasteiger partial charge in [-0.25, -0.2) is 9.78 Å². The predicted octanol–water partition coefficient (Wildman–Crippen LogP) is 3.04. The summed E-state index contributed by atoms with van der Waals surface area (Å²) < 4.78 is 12.6. The lowest BCUT2D eigenvalue weighted by Gasteiger charge is -2.08. The summed E-state index contributed by atoms with van der Waals surface area (Å²) in [5.74, 6) is 0.194. The van der Waals surface area contributed by atoms with Gasteiger partial charge in [0.05, 0.1) is 24.5 Å². The Labute approximate surface area is 146 Å². The Kier molecular flexibility index (Phi) is 5.00. The molecule has 3 rings (SSSR count). The fourth-order valence-corrected chi connectivity index (χ4v) is 2.76. The average Bonchev–Trinajstić information content (AvgIpc) is 3.01. The highest BCUT2D eigenvalue weighted by Crippen LogP contribution is 2.29. The van der Waals surface area contributed by atoms with Gasteiger partial charge in [0.25, 0.3) is 0 Å². The highest BCUT2D eigenvalue weighted by molar-refractivity contribution is 5.99. The highest BCUT2D eigenvalue weighted by Gasteiger charge is 2.20. The minimum atomic E-state index is -0.357. The van der Waals surface area contributed by atoms with Crippen LogP contribution in [0.1, 0.15) is 29.8 Å². The molecule has 0 amide bonds. The first-order valence-electron chi connectivity index (χ1n) is 8.28. The molecule has 0 aromatic carbocycles. The number of hydrogen-bond donors (Lipinski definition) is 1. The monoisotopic (exact) mass is 339 g/mol. The van der Waals surface area contributed by atoms with E-state index in [1.165, 1.54) is 0 Å². The Morgan fingerprint density at radius 2 is 2.04 bits per heavy atom. The number of aromatic nitrogens is 2. The lowest BCUT2D eigenvalue weighted by atomic mass is 10.1. The van der Waals surface area contributed by atoms with Crippen molar-refractivity contribution in [1.82, 2.24) is 9.38 Å². The molecule has 0 atom stereocenters.